The number of amides is 1. The molecule has 2 aromatic carbocycles. The fraction of sp³-hybridized carbons (Fsp3) is 0.409. The first-order valence-electron chi connectivity index (χ1n) is 9.61. The van der Waals surface area contributed by atoms with E-state index in [4.69, 9.17) is 9.47 Å². The fourth-order valence-electron chi connectivity index (χ4n) is 3.67. The molecule has 0 bridgehead atoms. The van der Waals surface area contributed by atoms with E-state index < -0.39 is 0 Å². The molecule has 2 aromatic rings. The zero-order valence-electron chi connectivity index (χ0n) is 15.8. The molecule has 0 spiro atoms. The molecular weight excluding hydrogens is 340 g/mol. The number of fused-ring (bicyclic) bond motifs is 1. The molecule has 0 radical (unpaired) electrons. The van der Waals surface area contributed by atoms with Gasteiger partial charge in [0.05, 0.1) is 25.8 Å². The van der Waals surface area contributed by atoms with Gasteiger partial charge in [-0.05, 0) is 36.8 Å². The molecule has 5 heteroatoms. The first-order valence-corrected chi connectivity index (χ1v) is 9.61. The van der Waals surface area contributed by atoms with Crippen molar-refractivity contribution in [1.29, 1.82) is 0 Å². The van der Waals surface area contributed by atoms with E-state index in [-0.39, 0.29) is 11.9 Å². The molecule has 2 aliphatic heterocycles. The lowest BCUT2D eigenvalue weighted by molar-refractivity contribution is 0.0341. The lowest BCUT2D eigenvalue weighted by atomic mass is 10.1. The van der Waals surface area contributed by atoms with Gasteiger partial charge in [-0.1, -0.05) is 24.3 Å². The Labute approximate surface area is 160 Å². The normalized spacial score (nSPS) is 20.5. The summed E-state index contributed by atoms with van der Waals surface area (Å²) in [5.41, 5.74) is 3.05. The highest BCUT2D eigenvalue weighted by Gasteiger charge is 2.26. The molecule has 1 amide bonds. The van der Waals surface area contributed by atoms with Crippen molar-refractivity contribution in [3.8, 4) is 5.75 Å². The Hall–Kier alpha value is -2.37. The van der Waals surface area contributed by atoms with Gasteiger partial charge in [0.25, 0.3) is 5.91 Å². The van der Waals surface area contributed by atoms with E-state index in [9.17, 15) is 4.79 Å². The minimum absolute atomic E-state index is 0.0211. The molecule has 1 fully saturated rings. The Balaban J connectivity index is 1.55. The van der Waals surface area contributed by atoms with Crippen LogP contribution in [0.2, 0.25) is 0 Å². The van der Waals surface area contributed by atoms with Gasteiger partial charge in [-0.3, -0.25) is 9.69 Å². The lowest BCUT2D eigenvalue weighted by Crippen LogP contribution is -2.39. The molecule has 4 rings (SSSR count). The van der Waals surface area contributed by atoms with E-state index in [0.717, 1.165) is 49.7 Å². The van der Waals surface area contributed by atoms with Crippen molar-refractivity contribution in [3.05, 3.63) is 65.2 Å². The first-order chi connectivity index (χ1) is 13.2. The highest BCUT2D eigenvalue weighted by molar-refractivity contribution is 5.94. The predicted molar refractivity (Wildman–Crippen MR) is 104 cm³/mol. The first kappa shape index (κ1) is 18.0. The molecule has 2 aliphatic rings. The molecular formula is C22H26N2O3. The van der Waals surface area contributed by atoms with Crippen LogP contribution in [0, 0.1) is 0 Å². The molecule has 0 saturated carbocycles. The van der Waals surface area contributed by atoms with E-state index in [2.05, 4.69) is 17.0 Å². The third kappa shape index (κ3) is 4.15. The summed E-state index contributed by atoms with van der Waals surface area (Å²) < 4.78 is 11.4. The summed E-state index contributed by atoms with van der Waals surface area (Å²) in [6, 6.07) is 15.9. The van der Waals surface area contributed by atoms with Crippen LogP contribution in [0.4, 0.5) is 0 Å². The summed E-state index contributed by atoms with van der Waals surface area (Å²) in [7, 11) is 0. The number of hydrogen-bond acceptors (Lipinski definition) is 4. The van der Waals surface area contributed by atoms with Crippen LogP contribution < -0.4 is 4.74 Å². The maximum Gasteiger partial charge on any atom is 0.254 e. The van der Waals surface area contributed by atoms with Gasteiger partial charge in [-0.15, -0.1) is 0 Å². The quantitative estimate of drug-likeness (QED) is 0.838. The Morgan fingerprint density at radius 2 is 1.89 bits per heavy atom. The van der Waals surface area contributed by atoms with Crippen LogP contribution in [-0.2, 0) is 17.8 Å². The standard InChI is InChI=1S/C22H26N2O3/c1-17-16-27-21-8-7-18(14-23-9-11-26-12-10-23)13-20(21)15-24(17)22(25)19-5-3-2-4-6-19/h2-8,13,17H,9-12,14-16H2,1H3/t17-/m0/s1. The topological polar surface area (TPSA) is 42.0 Å². The molecule has 1 atom stereocenters. The van der Waals surface area contributed by atoms with Crippen LogP contribution in [-0.4, -0.2) is 54.7 Å². The number of rotatable bonds is 3. The van der Waals surface area contributed by atoms with Crippen molar-refractivity contribution < 1.29 is 14.3 Å². The molecule has 0 aromatic heterocycles. The summed E-state index contributed by atoms with van der Waals surface area (Å²) in [5, 5.41) is 0. The summed E-state index contributed by atoms with van der Waals surface area (Å²) in [5.74, 6) is 0.939. The van der Waals surface area contributed by atoms with Crippen LogP contribution in [0.3, 0.4) is 0 Å². The number of ether oxygens (including phenoxy) is 2. The van der Waals surface area contributed by atoms with Crippen molar-refractivity contribution >= 4 is 5.91 Å². The van der Waals surface area contributed by atoms with E-state index in [1.807, 2.05) is 48.2 Å². The Morgan fingerprint density at radius 3 is 2.67 bits per heavy atom. The van der Waals surface area contributed by atoms with Crippen molar-refractivity contribution in [2.45, 2.75) is 26.1 Å². The average molecular weight is 366 g/mol. The monoisotopic (exact) mass is 366 g/mol. The Kier molecular flexibility index (Phi) is 5.41. The van der Waals surface area contributed by atoms with Crippen LogP contribution in [0.25, 0.3) is 0 Å². The summed E-state index contributed by atoms with van der Waals surface area (Å²) in [4.78, 5) is 17.3. The van der Waals surface area contributed by atoms with E-state index >= 15 is 0 Å². The van der Waals surface area contributed by atoms with Crippen molar-refractivity contribution in [2.24, 2.45) is 0 Å². The zero-order chi connectivity index (χ0) is 18.6. The second kappa shape index (κ2) is 8.11. The lowest BCUT2D eigenvalue weighted by Gasteiger charge is -2.27. The summed E-state index contributed by atoms with van der Waals surface area (Å²) in [6.07, 6.45) is 0. The van der Waals surface area contributed by atoms with Gasteiger partial charge >= 0.3 is 0 Å². The highest BCUT2D eigenvalue weighted by Crippen LogP contribution is 2.28. The SMILES string of the molecule is C[C@H]1COc2ccc(CN3CCOCC3)cc2CN1C(=O)c1ccccc1. The molecule has 1 saturated heterocycles. The Bertz CT molecular complexity index is 787. The third-order valence-corrected chi connectivity index (χ3v) is 5.27. The second-order valence-electron chi connectivity index (χ2n) is 7.29. The van der Waals surface area contributed by atoms with Gasteiger partial charge in [-0.25, -0.2) is 0 Å². The fourth-order valence-corrected chi connectivity index (χ4v) is 3.67. The van der Waals surface area contributed by atoms with Crippen molar-refractivity contribution in [3.63, 3.8) is 0 Å². The largest absolute Gasteiger partial charge is 0.491 e. The van der Waals surface area contributed by atoms with E-state index in [1.54, 1.807) is 0 Å². The zero-order valence-corrected chi connectivity index (χ0v) is 15.8. The molecule has 142 valence electrons. The summed E-state index contributed by atoms with van der Waals surface area (Å²) in [6.45, 7) is 7.54. The second-order valence-corrected chi connectivity index (χ2v) is 7.29. The van der Waals surface area contributed by atoms with Gasteiger partial charge in [0.2, 0.25) is 0 Å². The molecule has 5 nitrogen and oxygen atoms in total. The number of carbonyl (C=O) groups is 1. The highest BCUT2D eigenvalue weighted by atomic mass is 16.5. The van der Waals surface area contributed by atoms with Gasteiger partial charge in [0, 0.05) is 30.8 Å². The predicted octanol–water partition coefficient (Wildman–Crippen LogP) is 2.94. The maximum atomic E-state index is 13.0. The number of benzene rings is 2. The van der Waals surface area contributed by atoms with Crippen LogP contribution in [0.5, 0.6) is 5.75 Å². The average Bonchev–Trinajstić information content (AvgIpc) is 2.88. The maximum absolute atomic E-state index is 13.0. The Morgan fingerprint density at radius 1 is 1.11 bits per heavy atom. The van der Waals surface area contributed by atoms with Gasteiger partial charge in [0.1, 0.15) is 12.4 Å². The number of hydrogen-bond donors (Lipinski definition) is 0. The number of morpholine rings is 1. The minimum atomic E-state index is 0.0211. The van der Waals surface area contributed by atoms with Gasteiger partial charge in [0.15, 0.2) is 0 Å². The van der Waals surface area contributed by atoms with Crippen molar-refractivity contribution in [1.82, 2.24) is 9.80 Å². The molecule has 0 unspecified atom stereocenters. The smallest absolute Gasteiger partial charge is 0.254 e. The minimum Gasteiger partial charge on any atom is -0.491 e. The van der Waals surface area contributed by atoms with Gasteiger partial charge < -0.3 is 14.4 Å². The molecule has 2 heterocycles. The van der Waals surface area contributed by atoms with Crippen LogP contribution in [0.1, 0.15) is 28.4 Å². The number of carbonyl (C=O) groups excluding carboxylic acids is 1. The van der Waals surface area contributed by atoms with Crippen molar-refractivity contribution in [2.75, 3.05) is 32.9 Å². The van der Waals surface area contributed by atoms with E-state index in [0.29, 0.717) is 13.2 Å². The van der Waals surface area contributed by atoms with E-state index in [1.165, 1.54) is 5.56 Å². The number of nitrogens with zero attached hydrogens (tertiary/aromatic N) is 2. The van der Waals surface area contributed by atoms with Crippen LogP contribution in [0.15, 0.2) is 48.5 Å². The van der Waals surface area contributed by atoms with Gasteiger partial charge in [-0.2, -0.15) is 0 Å². The molecule has 0 aliphatic carbocycles. The third-order valence-electron chi connectivity index (χ3n) is 5.27. The molecule has 0 N–H and O–H groups in total. The molecule has 27 heavy (non-hydrogen) atoms. The summed E-state index contributed by atoms with van der Waals surface area (Å²) >= 11 is 0. The van der Waals surface area contributed by atoms with Crippen LogP contribution >= 0.6 is 0 Å².